The van der Waals surface area contributed by atoms with Crippen molar-refractivity contribution in [1.29, 1.82) is 0 Å². The Kier molecular flexibility index (Phi) is 8.99. The van der Waals surface area contributed by atoms with E-state index in [1.54, 1.807) is 48.8 Å². The lowest BCUT2D eigenvalue weighted by atomic mass is 9.86. The largest absolute Gasteiger partial charge is 0.492 e. The third kappa shape index (κ3) is 8.07. The number of nitrogens with zero attached hydrogens (tertiary/aromatic N) is 4. The molecule has 43 heavy (non-hydrogen) atoms. The van der Waals surface area contributed by atoms with Crippen molar-refractivity contribution in [2.75, 3.05) is 23.4 Å². The van der Waals surface area contributed by atoms with Gasteiger partial charge in [0, 0.05) is 24.5 Å². The number of benzene rings is 2. The summed E-state index contributed by atoms with van der Waals surface area (Å²) in [5.74, 6) is -0.339. The first-order valence-electron chi connectivity index (χ1n) is 13.1. The Balaban J connectivity index is 1.56. The molecule has 0 saturated carbocycles. The van der Waals surface area contributed by atoms with E-state index in [0.717, 1.165) is 22.9 Å². The zero-order chi connectivity index (χ0) is 31.4. The number of sulfonamides is 1. The second-order valence-corrected chi connectivity index (χ2v) is 12.5. The maximum atomic E-state index is 13.4. The third-order valence-electron chi connectivity index (χ3n) is 6.25. The molecule has 4 aromatic rings. The van der Waals surface area contributed by atoms with Gasteiger partial charge in [0.05, 0.1) is 36.6 Å². The Hall–Kier alpha value is -4.98. The monoisotopic (exact) mass is 607 g/mol. The van der Waals surface area contributed by atoms with Crippen molar-refractivity contribution in [3.05, 3.63) is 83.3 Å². The summed E-state index contributed by atoms with van der Waals surface area (Å²) in [5.41, 5.74) is 3.31. The van der Waals surface area contributed by atoms with E-state index in [-0.39, 0.29) is 34.8 Å². The Bertz CT molecular complexity index is 1750. The van der Waals surface area contributed by atoms with Gasteiger partial charge in [0.1, 0.15) is 0 Å². The van der Waals surface area contributed by atoms with Crippen LogP contribution in [0.25, 0.3) is 5.69 Å². The summed E-state index contributed by atoms with van der Waals surface area (Å²) in [6.45, 7) is 7.97. The SMILES string of the molecule is COc1c(NC(=O)c2ccc(C)c(-n3cc(OC(=O)NCc4cccnc4)nn3)c2)cc(C(C)(C)C)cc1NS(C)(=O)=O. The van der Waals surface area contributed by atoms with E-state index < -0.39 is 22.0 Å². The molecular weight excluding hydrogens is 574 g/mol. The zero-order valence-electron chi connectivity index (χ0n) is 24.6. The average Bonchev–Trinajstić information content (AvgIpc) is 3.39. The third-order valence-corrected chi connectivity index (χ3v) is 6.84. The first-order chi connectivity index (χ1) is 20.2. The van der Waals surface area contributed by atoms with Gasteiger partial charge in [-0.05, 0) is 59.4 Å². The summed E-state index contributed by atoms with van der Waals surface area (Å²) in [7, 11) is -2.24. The van der Waals surface area contributed by atoms with E-state index in [4.69, 9.17) is 9.47 Å². The number of rotatable bonds is 9. The molecule has 14 heteroatoms. The molecule has 0 fully saturated rings. The lowest BCUT2D eigenvalue weighted by Gasteiger charge is -2.24. The van der Waals surface area contributed by atoms with Crippen LogP contribution in [0, 0.1) is 6.92 Å². The fourth-order valence-electron chi connectivity index (χ4n) is 4.06. The fourth-order valence-corrected chi connectivity index (χ4v) is 4.61. The van der Waals surface area contributed by atoms with Crippen LogP contribution in [0.1, 0.15) is 47.8 Å². The number of pyridine rings is 1. The Morgan fingerprint density at radius 1 is 1.07 bits per heavy atom. The van der Waals surface area contributed by atoms with Crippen LogP contribution in [0.3, 0.4) is 0 Å². The number of methoxy groups -OCH3 is 1. The molecule has 0 spiro atoms. The summed E-state index contributed by atoms with van der Waals surface area (Å²) >= 11 is 0. The minimum Gasteiger partial charge on any atom is -0.492 e. The highest BCUT2D eigenvalue weighted by Crippen LogP contribution is 2.39. The molecule has 2 amide bonds. The lowest BCUT2D eigenvalue weighted by molar-refractivity contribution is 0.102. The first-order valence-corrected chi connectivity index (χ1v) is 15.0. The van der Waals surface area contributed by atoms with E-state index in [0.29, 0.717) is 11.4 Å². The zero-order valence-corrected chi connectivity index (χ0v) is 25.4. The van der Waals surface area contributed by atoms with Gasteiger partial charge in [0.15, 0.2) is 5.75 Å². The highest BCUT2D eigenvalue weighted by Gasteiger charge is 2.23. The van der Waals surface area contributed by atoms with Crippen LogP contribution < -0.4 is 24.8 Å². The van der Waals surface area contributed by atoms with Crippen molar-refractivity contribution in [3.8, 4) is 17.3 Å². The molecule has 0 aliphatic carbocycles. The smallest absolute Gasteiger partial charge is 0.414 e. The molecule has 13 nitrogen and oxygen atoms in total. The molecule has 2 aromatic heterocycles. The van der Waals surface area contributed by atoms with E-state index in [9.17, 15) is 18.0 Å². The molecule has 2 heterocycles. The lowest BCUT2D eigenvalue weighted by Crippen LogP contribution is -2.26. The Labute approximate surface area is 249 Å². The topological polar surface area (TPSA) is 166 Å². The first kappa shape index (κ1) is 31.0. The number of aryl methyl sites for hydroxylation is 1. The molecule has 0 aliphatic rings. The normalized spacial score (nSPS) is 11.5. The second-order valence-electron chi connectivity index (χ2n) is 10.8. The van der Waals surface area contributed by atoms with Gasteiger partial charge in [-0.2, -0.15) is 0 Å². The molecule has 0 unspecified atom stereocenters. The van der Waals surface area contributed by atoms with Crippen molar-refractivity contribution in [2.24, 2.45) is 0 Å². The van der Waals surface area contributed by atoms with Crippen LogP contribution >= 0.6 is 0 Å². The second kappa shape index (κ2) is 12.5. The standard InChI is InChI=1S/C29H33N7O6S/c1-18-9-10-20(12-24(18)36-17-25(33-35-36)42-28(38)31-16-19-8-7-11-30-15-19)27(37)32-22-13-21(29(2,3)4)14-23(26(22)41-5)34-43(6,39)40/h7-15,17,34H,16H2,1-6H3,(H,31,38)(H,32,37). The quantitative estimate of drug-likeness (QED) is 0.253. The maximum Gasteiger partial charge on any atom is 0.414 e. The van der Waals surface area contributed by atoms with Crippen LogP contribution in [0.15, 0.2) is 61.1 Å². The summed E-state index contributed by atoms with van der Waals surface area (Å²) in [6, 6.07) is 12.0. The number of carbonyl (C=O) groups is 2. The number of hydrogen-bond acceptors (Lipinski definition) is 9. The van der Waals surface area contributed by atoms with E-state index in [1.165, 1.54) is 18.0 Å². The molecule has 3 N–H and O–H groups in total. The molecular formula is C29H33N7O6S. The molecule has 0 aliphatic heterocycles. The number of nitrogens with one attached hydrogen (secondary N) is 3. The molecule has 2 aromatic carbocycles. The number of amides is 2. The molecule has 226 valence electrons. The number of aromatic nitrogens is 4. The minimum absolute atomic E-state index is 0.0346. The number of anilines is 2. The predicted octanol–water partition coefficient (Wildman–Crippen LogP) is 4.19. The summed E-state index contributed by atoms with van der Waals surface area (Å²) in [4.78, 5) is 29.7. The van der Waals surface area contributed by atoms with Crippen LogP contribution in [0.4, 0.5) is 16.2 Å². The summed E-state index contributed by atoms with van der Waals surface area (Å²) in [5, 5.41) is 13.4. The highest BCUT2D eigenvalue weighted by molar-refractivity contribution is 7.92. The van der Waals surface area contributed by atoms with Gasteiger partial charge in [0.2, 0.25) is 10.0 Å². The number of carbonyl (C=O) groups excluding carboxylic acids is 2. The summed E-state index contributed by atoms with van der Waals surface area (Å²) in [6.07, 6.45) is 5.02. The van der Waals surface area contributed by atoms with E-state index in [1.807, 2.05) is 33.8 Å². The molecule has 0 atom stereocenters. The van der Waals surface area contributed by atoms with Crippen molar-refractivity contribution >= 4 is 33.4 Å². The molecule has 0 radical (unpaired) electrons. The molecule has 4 rings (SSSR count). The predicted molar refractivity (Wildman–Crippen MR) is 161 cm³/mol. The Morgan fingerprint density at radius 2 is 1.81 bits per heavy atom. The van der Waals surface area contributed by atoms with Crippen LogP contribution in [-0.2, 0) is 22.0 Å². The van der Waals surface area contributed by atoms with Crippen LogP contribution in [0.2, 0.25) is 0 Å². The van der Waals surface area contributed by atoms with Gasteiger partial charge in [-0.15, -0.1) is 0 Å². The van der Waals surface area contributed by atoms with Gasteiger partial charge in [-0.1, -0.05) is 43.2 Å². The van der Waals surface area contributed by atoms with Gasteiger partial charge in [0.25, 0.3) is 11.8 Å². The van der Waals surface area contributed by atoms with Gasteiger partial charge in [-0.25, -0.2) is 17.9 Å². The highest BCUT2D eigenvalue weighted by atomic mass is 32.2. The maximum absolute atomic E-state index is 13.4. The average molecular weight is 608 g/mol. The summed E-state index contributed by atoms with van der Waals surface area (Å²) < 4.78 is 38.7. The van der Waals surface area contributed by atoms with Gasteiger partial charge < -0.3 is 20.1 Å². The van der Waals surface area contributed by atoms with Gasteiger partial charge in [-0.3, -0.25) is 14.5 Å². The fraction of sp³-hybridized carbons (Fsp3) is 0.276. The minimum atomic E-state index is -3.63. The molecule has 0 bridgehead atoms. The van der Waals surface area contributed by atoms with E-state index >= 15 is 0 Å². The number of ether oxygens (including phenoxy) is 2. The van der Waals surface area contributed by atoms with Crippen LogP contribution in [0.5, 0.6) is 11.6 Å². The van der Waals surface area contributed by atoms with Crippen molar-refractivity contribution in [3.63, 3.8) is 0 Å². The van der Waals surface area contributed by atoms with E-state index in [2.05, 4.69) is 30.7 Å². The van der Waals surface area contributed by atoms with Gasteiger partial charge >= 0.3 is 6.09 Å². The molecule has 0 saturated heterocycles. The van der Waals surface area contributed by atoms with Crippen molar-refractivity contribution < 1.29 is 27.5 Å². The number of hydrogen-bond donors (Lipinski definition) is 3. The van der Waals surface area contributed by atoms with Crippen molar-refractivity contribution in [2.45, 2.75) is 39.7 Å². The Morgan fingerprint density at radius 3 is 2.47 bits per heavy atom. The van der Waals surface area contributed by atoms with Crippen LogP contribution in [-0.4, -0.2) is 53.8 Å². The van der Waals surface area contributed by atoms with Crippen molar-refractivity contribution in [1.82, 2.24) is 25.3 Å².